The molecule has 148 valence electrons. The van der Waals surface area contributed by atoms with Crippen LogP contribution in [0.1, 0.15) is 42.4 Å². The molecule has 1 saturated carbocycles. The summed E-state index contributed by atoms with van der Waals surface area (Å²) in [6.07, 6.45) is 4.91. The van der Waals surface area contributed by atoms with Gasteiger partial charge >= 0.3 is 6.03 Å². The van der Waals surface area contributed by atoms with E-state index in [2.05, 4.69) is 11.4 Å². The van der Waals surface area contributed by atoms with E-state index < -0.39 is 0 Å². The third-order valence-corrected chi connectivity index (χ3v) is 5.73. The Balaban J connectivity index is 1.53. The molecule has 1 aliphatic carbocycles. The quantitative estimate of drug-likeness (QED) is 0.883. The van der Waals surface area contributed by atoms with Gasteiger partial charge in [0.25, 0.3) is 0 Å². The molecule has 3 amide bonds. The van der Waals surface area contributed by atoms with Crippen molar-refractivity contribution >= 4 is 11.9 Å². The van der Waals surface area contributed by atoms with Crippen molar-refractivity contribution in [3.8, 4) is 5.75 Å². The van der Waals surface area contributed by atoms with Crippen LogP contribution in [0.3, 0.4) is 0 Å². The Labute approximate surface area is 161 Å². The highest BCUT2D eigenvalue weighted by Gasteiger charge is 2.27. The minimum Gasteiger partial charge on any atom is -0.496 e. The maximum absolute atomic E-state index is 12.8. The molecule has 0 bridgehead atoms. The highest BCUT2D eigenvalue weighted by molar-refractivity contribution is 5.81. The highest BCUT2D eigenvalue weighted by atomic mass is 16.5. The van der Waals surface area contributed by atoms with Crippen LogP contribution in [0.25, 0.3) is 0 Å². The lowest BCUT2D eigenvalue weighted by atomic mass is 10.0. The fourth-order valence-electron chi connectivity index (χ4n) is 4.13. The summed E-state index contributed by atoms with van der Waals surface area (Å²) in [4.78, 5) is 28.8. The molecule has 2 fully saturated rings. The molecule has 3 rings (SSSR count). The van der Waals surface area contributed by atoms with E-state index >= 15 is 0 Å². The van der Waals surface area contributed by atoms with Crippen LogP contribution >= 0.6 is 0 Å². The number of ether oxygens (including phenoxy) is 1. The summed E-state index contributed by atoms with van der Waals surface area (Å²) in [5.41, 5.74) is 3.16. The van der Waals surface area contributed by atoms with Crippen molar-refractivity contribution in [1.82, 2.24) is 15.1 Å². The first-order chi connectivity index (χ1) is 13.0. The summed E-state index contributed by atoms with van der Waals surface area (Å²) in [5.74, 6) is 0.867. The molecule has 27 heavy (non-hydrogen) atoms. The van der Waals surface area contributed by atoms with Crippen molar-refractivity contribution in [3.63, 3.8) is 0 Å². The molecule has 1 N–H and O–H groups in total. The van der Waals surface area contributed by atoms with Gasteiger partial charge in [0.2, 0.25) is 5.91 Å². The lowest BCUT2D eigenvalue weighted by Crippen LogP contribution is -2.54. The number of piperazine rings is 1. The number of carbonyl (C=O) groups excluding carboxylic acids is 2. The smallest absolute Gasteiger partial charge is 0.317 e. The van der Waals surface area contributed by atoms with Gasteiger partial charge in [0.05, 0.1) is 13.5 Å². The van der Waals surface area contributed by atoms with Crippen molar-refractivity contribution in [2.45, 2.75) is 52.0 Å². The minimum absolute atomic E-state index is 0.0186. The molecule has 0 spiro atoms. The zero-order valence-corrected chi connectivity index (χ0v) is 16.7. The average Bonchev–Trinajstić information content (AvgIpc) is 3.16. The number of benzene rings is 1. The number of methoxy groups -OCH3 is 1. The SMILES string of the molecule is COc1cc(C)cc(C)c1CC(=O)N1CCN(C(=O)NC2CCCC2)CC1. The number of nitrogens with zero attached hydrogens (tertiary/aromatic N) is 2. The van der Waals surface area contributed by atoms with Crippen LogP contribution in [0.4, 0.5) is 4.79 Å². The zero-order chi connectivity index (χ0) is 19.4. The molecule has 6 heteroatoms. The van der Waals surface area contributed by atoms with E-state index in [0.29, 0.717) is 38.6 Å². The van der Waals surface area contributed by atoms with Crippen LogP contribution in [-0.2, 0) is 11.2 Å². The monoisotopic (exact) mass is 373 g/mol. The molecule has 6 nitrogen and oxygen atoms in total. The summed E-state index contributed by atoms with van der Waals surface area (Å²) >= 11 is 0. The topological polar surface area (TPSA) is 61.9 Å². The number of nitrogens with one attached hydrogen (secondary N) is 1. The van der Waals surface area contributed by atoms with Gasteiger partial charge in [0.15, 0.2) is 0 Å². The lowest BCUT2D eigenvalue weighted by Gasteiger charge is -2.35. The molecule has 2 aliphatic rings. The van der Waals surface area contributed by atoms with Gasteiger partial charge in [-0.05, 0) is 43.9 Å². The fraction of sp³-hybridized carbons (Fsp3) is 0.619. The van der Waals surface area contributed by atoms with Crippen LogP contribution in [0.5, 0.6) is 5.75 Å². The molecule has 0 unspecified atom stereocenters. The van der Waals surface area contributed by atoms with Crippen LogP contribution in [0.15, 0.2) is 12.1 Å². The van der Waals surface area contributed by atoms with Gasteiger partial charge in [0, 0.05) is 37.8 Å². The van der Waals surface area contributed by atoms with Crippen molar-refractivity contribution in [1.29, 1.82) is 0 Å². The van der Waals surface area contributed by atoms with Crippen LogP contribution in [-0.4, -0.2) is 61.1 Å². The molecule has 1 aromatic carbocycles. The Bertz CT molecular complexity index is 690. The van der Waals surface area contributed by atoms with E-state index in [0.717, 1.165) is 35.3 Å². The maximum Gasteiger partial charge on any atom is 0.317 e. The number of hydrogen-bond donors (Lipinski definition) is 1. The van der Waals surface area contributed by atoms with Gasteiger partial charge in [-0.2, -0.15) is 0 Å². The predicted octanol–water partition coefficient (Wildman–Crippen LogP) is 2.65. The molecule has 1 aromatic rings. The minimum atomic E-state index is 0.0186. The van der Waals surface area contributed by atoms with E-state index in [1.807, 2.05) is 29.7 Å². The molecule has 1 aliphatic heterocycles. The first kappa shape index (κ1) is 19.5. The second-order valence-electron chi connectivity index (χ2n) is 7.74. The molecular formula is C21H31N3O3. The number of rotatable bonds is 4. The Morgan fingerprint density at radius 2 is 1.70 bits per heavy atom. The molecule has 1 heterocycles. The first-order valence-electron chi connectivity index (χ1n) is 9.95. The largest absolute Gasteiger partial charge is 0.496 e. The third kappa shape index (κ3) is 4.73. The van der Waals surface area contributed by atoms with Crippen molar-refractivity contribution < 1.29 is 14.3 Å². The first-order valence-corrected chi connectivity index (χ1v) is 9.95. The summed E-state index contributed by atoms with van der Waals surface area (Å²) in [6, 6.07) is 4.40. The Hall–Kier alpha value is -2.24. The summed E-state index contributed by atoms with van der Waals surface area (Å²) in [7, 11) is 1.64. The number of carbonyl (C=O) groups is 2. The molecule has 0 aromatic heterocycles. The van der Waals surface area contributed by atoms with Crippen molar-refractivity contribution in [2.75, 3.05) is 33.3 Å². The average molecular weight is 373 g/mol. The van der Waals surface area contributed by atoms with Gasteiger partial charge in [0.1, 0.15) is 5.75 Å². The van der Waals surface area contributed by atoms with Crippen LogP contribution in [0.2, 0.25) is 0 Å². The number of amides is 3. The molecule has 0 radical (unpaired) electrons. The number of urea groups is 1. The maximum atomic E-state index is 12.8. The Morgan fingerprint density at radius 1 is 1.07 bits per heavy atom. The zero-order valence-electron chi connectivity index (χ0n) is 16.7. The number of aryl methyl sites for hydroxylation is 2. The van der Waals surface area contributed by atoms with Gasteiger partial charge in [-0.25, -0.2) is 4.79 Å². The van der Waals surface area contributed by atoms with Gasteiger partial charge in [-0.3, -0.25) is 4.79 Å². The van der Waals surface area contributed by atoms with E-state index in [-0.39, 0.29) is 11.9 Å². The van der Waals surface area contributed by atoms with Gasteiger partial charge in [-0.15, -0.1) is 0 Å². The molecular weight excluding hydrogens is 342 g/mol. The third-order valence-electron chi connectivity index (χ3n) is 5.73. The Morgan fingerprint density at radius 3 is 2.33 bits per heavy atom. The standard InChI is InChI=1S/C21H31N3O3/c1-15-12-16(2)18(19(13-15)27-3)14-20(25)23-8-10-24(11-9-23)21(26)22-17-6-4-5-7-17/h12-13,17H,4-11,14H2,1-3H3,(H,22,26). The Kier molecular flexibility index (Phi) is 6.24. The van der Waals surface area contributed by atoms with Gasteiger partial charge in [-0.1, -0.05) is 18.9 Å². The summed E-state index contributed by atoms with van der Waals surface area (Å²) in [6.45, 7) is 6.40. The summed E-state index contributed by atoms with van der Waals surface area (Å²) in [5, 5.41) is 3.13. The van der Waals surface area contributed by atoms with Crippen molar-refractivity contribution in [2.24, 2.45) is 0 Å². The molecule has 1 saturated heterocycles. The highest BCUT2D eigenvalue weighted by Crippen LogP contribution is 2.25. The predicted molar refractivity (Wildman–Crippen MR) is 105 cm³/mol. The van der Waals surface area contributed by atoms with E-state index in [9.17, 15) is 9.59 Å². The second-order valence-corrected chi connectivity index (χ2v) is 7.74. The normalized spacial score (nSPS) is 17.9. The second kappa shape index (κ2) is 8.63. The molecule has 0 atom stereocenters. The van der Waals surface area contributed by atoms with Crippen LogP contribution < -0.4 is 10.1 Å². The van der Waals surface area contributed by atoms with Gasteiger partial charge < -0.3 is 19.9 Å². The van der Waals surface area contributed by atoms with Crippen molar-refractivity contribution in [3.05, 3.63) is 28.8 Å². The lowest BCUT2D eigenvalue weighted by molar-refractivity contribution is -0.131. The van der Waals surface area contributed by atoms with E-state index in [4.69, 9.17) is 4.74 Å². The summed E-state index contributed by atoms with van der Waals surface area (Å²) < 4.78 is 5.48. The number of hydrogen-bond acceptors (Lipinski definition) is 3. The van der Waals surface area contributed by atoms with E-state index in [1.54, 1.807) is 7.11 Å². The fourth-order valence-corrected chi connectivity index (χ4v) is 4.13. The van der Waals surface area contributed by atoms with E-state index in [1.165, 1.54) is 12.8 Å². The van der Waals surface area contributed by atoms with Crippen LogP contribution in [0, 0.1) is 13.8 Å².